The largest absolute Gasteiger partial charge is 0.508 e. The van der Waals surface area contributed by atoms with Crippen LogP contribution in [0, 0.1) is 6.92 Å². The van der Waals surface area contributed by atoms with Crippen molar-refractivity contribution < 1.29 is 39.5 Å². The zero-order valence-electron chi connectivity index (χ0n) is 11.5. The normalized spacial score (nSPS) is 13.5. The number of phenols is 1. The Morgan fingerprint density at radius 1 is 1.18 bits per heavy atom. The van der Waals surface area contributed by atoms with Crippen molar-refractivity contribution in [1.29, 1.82) is 0 Å². The lowest BCUT2D eigenvalue weighted by Crippen LogP contribution is -2.42. The number of carbonyl (C=O) groups is 3. The number of hydrogen-bond donors (Lipinski definition) is 4. The second-order valence-electron chi connectivity index (χ2n) is 4.36. The van der Waals surface area contributed by atoms with Crippen LogP contribution in [0.15, 0.2) is 24.3 Å². The Balaban J connectivity index is 2.78. The number of aromatic hydroxyl groups is 1. The third-order valence-corrected chi connectivity index (χ3v) is 2.66. The molecule has 8 heteroatoms. The maximum Gasteiger partial charge on any atom is 0.348 e. The molecule has 0 aliphatic heterocycles. The lowest BCUT2D eigenvalue weighted by molar-refractivity contribution is -0.176. The minimum Gasteiger partial charge on any atom is -0.508 e. The van der Waals surface area contributed by atoms with Crippen molar-refractivity contribution in [2.24, 2.45) is 0 Å². The Hall–Kier alpha value is -2.87. The number of carboxylic acids is 2. The number of benzene rings is 1. The van der Waals surface area contributed by atoms with Crippen LogP contribution in [0.3, 0.4) is 0 Å². The molecule has 0 spiro atoms. The van der Waals surface area contributed by atoms with Crippen molar-refractivity contribution in [1.82, 2.24) is 0 Å². The molecule has 0 aromatic heterocycles. The second-order valence-corrected chi connectivity index (χ2v) is 4.36. The Labute approximate surface area is 124 Å². The van der Waals surface area contributed by atoms with E-state index in [2.05, 4.69) is 4.74 Å². The van der Waals surface area contributed by atoms with E-state index in [1.165, 1.54) is 18.2 Å². The van der Waals surface area contributed by atoms with Gasteiger partial charge in [0.15, 0.2) is 6.10 Å². The minimum atomic E-state index is -2.37. The molecule has 8 nitrogen and oxygen atoms in total. The molecule has 2 atom stereocenters. The predicted molar refractivity (Wildman–Crippen MR) is 73.0 cm³/mol. The lowest BCUT2D eigenvalue weighted by Gasteiger charge is -2.15. The average Bonchev–Trinajstić information content (AvgIpc) is 2.44. The van der Waals surface area contributed by atoms with Crippen LogP contribution in [0.25, 0.3) is 6.08 Å². The highest BCUT2D eigenvalue weighted by molar-refractivity contribution is 5.91. The fourth-order valence-electron chi connectivity index (χ4n) is 1.49. The number of esters is 1. The van der Waals surface area contributed by atoms with E-state index in [1.807, 2.05) is 0 Å². The highest BCUT2D eigenvalue weighted by Crippen LogP contribution is 2.17. The molecule has 1 aromatic carbocycles. The number of hydrogen-bond acceptors (Lipinski definition) is 6. The fourth-order valence-corrected chi connectivity index (χ4v) is 1.49. The van der Waals surface area contributed by atoms with Gasteiger partial charge in [-0.15, -0.1) is 0 Å². The lowest BCUT2D eigenvalue weighted by atomic mass is 10.1. The summed E-state index contributed by atoms with van der Waals surface area (Å²) in [6, 6.07) is 4.49. The van der Waals surface area contributed by atoms with E-state index in [1.54, 1.807) is 13.0 Å². The van der Waals surface area contributed by atoms with Gasteiger partial charge in [-0.25, -0.2) is 14.4 Å². The van der Waals surface area contributed by atoms with Crippen LogP contribution in [-0.4, -0.2) is 50.5 Å². The summed E-state index contributed by atoms with van der Waals surface area (Å²) in [4.78, 5) is 32.8. The number of aliphatic carboxylic acids is 2. The minimum absolute atomic E-state index is 0.0789. The zero-order valence-corrected chi connectivity index (χ0v) is 11.5. The monoisotopic (exact) mass is 310 g/mol. The Morgan fingerprint density at radius 2 is 1.82 bits per heavy atom. The maximum absolute atomic E-state index is 11.5. The van der Waals surface area contributed by atoms with Crippen molar-refractivity contribution >= 4 is 24.0 Å². The smallest absolute Gasteiger partial charge is 0.348 e. The van der Waals surface area contributed by atoms with Gasteiger partial charge in [0.2, 0.25) is 6.10 Å². The summed E-state index contributed by atoms with van der Waals surface area (Å²) >= 11 is 0. The second kappa shape index (κ2) is 7.23. The number of ether oxygens (including phenoxy) is 1. The van der Waals surface area contributed by atoms with E-state index >= 15 is 0 Å². The quantitative estimate of drug-likeness (QED) is 0.430. The summed E-state index contributed by atoms with van der Waals surface area (Å²) in [5, 5.41) is 35.8. The summed E-state index contributed by atoms with van der Waals surface area (Å²) in [6.45, 7) is 1.65. The van der Waals surface area contributed by atoms with Gasteiger partial charge in [0.25, 0.3) is 0 Å². The first kappa shape index (κ1) is 17.2. The number of carbonyl (C=O) groups excluding carboxylic acids is 1. The van der Waals surface area contributed by atoms with Gasteiger partial charge < -0.3 is 25.2 Å². The maximum atomic E-state index is 11.5. The zero-order chi connectivity index (χ0) is 16.9. The fraction of sp³-hybridized carbons (Fsp3) is 0.214. The highest BCUT2D eigenvalue weighted by Gasteiger charge is 2.35. The molecule has 1 aromatic rings. The number of carboxylic acid groups (broad SMARTS) is 2. The van der Waals surface area contributed by atoms with Gasteiger partial charge in [-0.2, -0.15) is 0 Å². The van der Waals surface area contributed by atoms with Gasteiger partial charge in [0.05, 0.1) is 0 Å². The summed E-state index contributed by atoms with van der Waals surface area (Å²) in [5.41, 5.74) is 1.11. The predicted octanol–water partition coefficient (Wildman–Crippen LogP) is 0.156. The van der Waals surface area contributed by atoms with E-state index in [0.29, 0.717) is 11.1 Å². The molecule has 0 aliphatic rings. The molecular formula is C14H14O8. The first-order chi connectivity index (χ1) is 10.2. The average molecular weight is 310 g/mol. The number of phenolic OH excluding ortho intramolecular Hbond substituents is 1. The van der Waals surface area contributed by atoms with Gasteiger partial charge in [-0.05, 0) is 36.3 Å². The SMILES string of the molecule is Cc1cc(/C=C/C(=O)OC(C(=O)O)C(O)C(=O)O)ccc1O. The molecule has 118 valence electrons. The highest BCUT2D eigenvalue weighted by atomic mass is 16.6. The third-order valence-electron chi connectivity index (χ3n) is 2.66. The molecule has 0 radical (unpaired) electrons. The molecular weight excluding hydrogens is 296 g/mol. The molecule has 0 bridgehead atoms. The van der Waals surface area contributed by atoms with Crippen LogP contribution in [0.1, 0.15) is 11.1 Å². The van der Waals surface area contributed by atoms with Gasteiger partial charge >= 0.3 is 17.9 Å². The van der Waals surface area contributed by atoms with Crippen molar-refractivity contribution in [3.05, 3.63) is 35.4 Å². The molecule has 0 aliphatic carbocycles. The van der Waals surface area contributed by atoms with Gasteiger partial charge in [-0.1, -0.05) is 6.07 Å². The molecule has 2 unspecified atom stereocenters. The Morgan fingerprint density at radius 3 is 2.32 bits per heavy atom. The molecule has 0 saturated heterocycles. The Bertz CT molecular complexity index is 619. The van der Waals surface area contributed by atoms with E-state index in [-0.39, 0.29) is 5.75 Å². The van der Waals surface area contributed by atoms with E-state index in [9.17, 15) is 19.5 Å². The molecule has 0 fully saturated rings. The molecule has 4 N–H and O–H groups in total. The van der Waals surface area contributed by atoms with Crippen LogP contribution >= 0.6 is 0 Å². The van der Waals surface area contributed by atoms with Gasteiger partial charge in [0.1, 0.15) is 5.75 Å². The summed E-state index contributed by atoms with van der Waals surface area (Å²) in [6.07, 6.45) is -2.40. The third kappa shape index (κ3) is 4.60. The van der Waals surface area contributed by atoms with Crippen molar-refractivity contribution in [3.8, 4) is 5.75 Å². The number of rotatable bonds is 6. The molecule has 22 heavy (non-hydrogen) atoms. The summed E-state index contributed by atoms with van der Waals surface area (Å²) in [5.74, 6) is -4.65. The summed E-state index contributed by atoms with van der Waals surface area (Å²) < 4.78 is 4.41. The van der Waals surface area contributed by atoms with Crippen LogP contribution in [0.4, 0.5) is 0 Å². The first-order valence-electron chi connectivity index (χ1n) is 6.04. The standard InChI is InChI=1S/C14H14O8/c1-7-6-8(2-4-9(7)15)3-5-10(16)22-12(14(20)21)11(17)13(18)19/h2-6,11-12,15,17H,1H3,(H,18,19)(H,20,21)/b5-3+. The van der Waals surface area contributed by atoms with Gasteiger partial charge in [-0.3, -0.25) is 0 Å². The molecule has 0 saturated carbocycles. The summed E-state index contributed by atoms with van der Waals surface area (Å²) in [7, 11) is 0. The van der Waals surface area contributed by atoms with E-state index in [0.717, 1.165) is 6.08 Å². The van der Waals surface area contributed by atoms with Crippen molar-refractivity contribution in [2.75, 3.05) is 0 Å². The first-order valence-corrected chi connectivity index (χ1v) is 6.04. The van der Waals surface area contributed by atoms with E-state index < -0.39 is 30.1 Å². The Kier molecular flexibility index (Phi) is 5.65. The van der Waals surface area contributed by atoms with Crippen LogP contribution < -0.4 is 0 Å². The number of aryl methyl sites for hydroxylation is 1. The van der Waals surface area contributed by atoms with E-state index in [4.69, 9.17) is 15.3 Å². The van der Waals surface area contributed by atoms with Crippen molar-refractivity contribution in [2.45, 2.75) is 19.1 Å². The number of aliphatic hydroxyl groups is 1. The number of aliphatic hydroxyl groups excluding tert-OH is 1. The molecule has 1 rings (SSSR count). The molecule has 0 amide bonds. The van der Waals surface area contributed by atoms with Crippen LogP contribution in [0.5, 0.6) is 5.75 Å². The molecule has 0 heterocycles. The van der Waals surface area contributed by atoms with Crippen LogP contribution in [0.2, 0.25) is 0 Å². The van der Waals surface area contributed by atoms with Crippen LogP contribution in [-0.2, 0) is 19.1 Å². The van der Waals surface area contributed by atoms with Gasteiger partial charge in [0, 0.05) is 6.08 Å². The van der Waals surface area contributed by atoms with Crippen molar-refractivity contribution in [3.63, 3.8) is 0 Å². The topological polar surface area (TPSA) is 141 Å².